The molecule has 0 saturated heterocycles. The van der Waals surface area contributed by atoms with Crippen molar-refractivity contribution in [1.82, 2.24) is 0 Å². The first kappa shape index (κ1) is 47.6. The fourth-order valence-electron chi connectivity index (χ4n) is 10.9. The topological polar surface area (TPSA) is 0 Å². The summed E-state index contributed by atoms with van der Waals surface area (Å²) < 4.78 is 0. The summed E-state index contributed by atoms with van der Waals surface area (Å²) in [5.41, 5.74) is 28.5. The van der Waals surface area contributed by atoms with Crippen LogP contribution in [0.25, 0.3) is 134 Å². The minimum Gasteiger partial charge on any atom is -0.0622 e. The first-order chi connectivity index (χ1) is 38.6. The third-order valence-corrected chi connectivity index (χ3v) is 15.0. The van der Waals surface area contributed by atoms with Crippen LogP contribution in [0, 0.1) is 0 Å². The molecule has 0 radical (unpaired) electrons. The van der Waals surface area contributed by atoms with Gasteiger partial charge in [-0.3, -0.25) is 0 Å². The Kier molecular flexibility index (Phi) is 13.2. The molecule has 0 atom stereocenters. The van der Waals surface area contributed by atoms with Gasteiger partial charge in [0.2, 0.25) is 0 Å². The van der Waals surface area contributed by atoms with E-state index in [0.29, 0.717) is 0 Å². The normalized spacial score (nSPS) is 11.1. The lowest BCUT2D eigenvalue weighted by atomic mass is 9.90. The Bertz CT molecular complexity index is 3790. The molecule has 13 rings (SSSR count). The Morgan fingerprint density at radius 2 is 0.179 bits per heavy atom. The third-order valence-electron chi connectivity index (χ3n) is 15.0. The summed E-state index contributed by atoms with van der Waals surface area (Å²) in [4.78, 5) is 0. The van der Waals surface area contributed by atoms with Crippen LogP contribution in [0.15, 0.2) is 328 Å². The predicted molar refractivity (Wildman–Crippen MR) is 332 cm³/mol. The lowest BCUT2D eigenvalue weighted by Gasteiger charge is -2.15. The molecule has 0 aliphatic rings. The zero-order valence-electron chi connectivity index (χ0n) is 43.2. The van der Waals surface area contributed by atoms with Crippen LogP contribution in [0.2, 0.25) is 0 Å². The predicted octanol–water partition coefficient (Wildman–Crippen LogP) is 21.7. The molecule has 0 bridgehead atoms. The Morgan fingerprint density at radius 3 is 0.333 bits per heavy atom. The summed E-state index contributed by atoms with van der Waals surface area (Å²) in [6, 6.07) is 120. The van der Waals surface area contributed by atoms with Gasteiger partial charge in [-0.05, 0) is 206 Å². The number of hydrogen-bond donors (Lipinski definition) is 0. The van der Waals surface area contributed by atoms with Crippen LogP contribution in [0.3, 0.4) is 0 Å². The van der Waals surface area contributed by atoms with E-state index in [4.69, 9.17) is 0 Å². The van der Waals surface area contributed by atoms with Gasteiger partial charge in [-0.1, -0.05) is 255 Å². The summed E-state index contributed by atoms with van der Waals surface area (Å²) in [6.45, 7) is 0. The summed E-state index contributed by atoms with van der Waals surface area (Å²) in [5.74, 6) is 0. The van der Waals surface area contributed by atoms with Crippen LogP contribution in [-0.4, -0.2) is 0 Å². The second-order valence-corrected chi connectivity index (χ2v) is 20.1. The van der Waals surface area contributed by atoms with E-state index in [-0.39, 0.29) is 0 Å². The van der Waals surface area contributed by atoms with Gasteiger partial charge < -0.3 is 0 Å². The molecule has 0 nitrogen and oxygen atoms in total. The van der Waals surface area contributed by atoms with E-state index >= 15 is 0 Å². The van der Waals surface area contributed by atoms with Gasteiger partial charge in [0.1, 0.15) is 0 Å². The van der Waals surface area contributed by atoms with E-state index in [1.54, 1.807) is 0 Å². The van der Waals surface area contributed by atoms with Crippen molar-refractivity contribution in [3.63, 3.8) is 0 Å². The smallest absolute Gasteiger partial charge is 0.0171 e. The maximum Gasteiger partial charge on any atom is -0.0171 e. The third kappa shape index (κ3) is 10.3. The zero-order chi connectivity index (χ0) is 52.0. The molecule has 0 saturated carbocycles. The van der Waals surface area contributed by atoms with Gasteiger partial charge in [0.15, 0.2) is 0 Å². The highest BCUT2D eigenvalue weighted by Gasteiger charge is 2.14. The minimum absolute atomic E-state index is 1.16. The molecule has 13 aromatic carbocycles. The molecule has 13 aromatic rings. The van der Waals surface area contributed by atoms with Crippen molar-refractivity contribution in [2.45, 2.75) is 0 Å². The van der Waals surface area contributed by atoms with Crippen molar-refractivity contribution < 1.29 is 0 Å². The summed E-state index contributed by atoms with van der Waals surface area (Å²) >= 11 is 0. The number of hydrogen-bond acceptors (Lipinski definition) is 0. The molecule has 0 heterocycles. The largest absolute Gasteiger partial charge is 0.0622 e. The van der Waals surface area contributed by atoms with Gasteiger partial charge in [-0.25, -0.2) is 0 Å². The molecular formula is C78H54. The quantitative estimate of drug-likeness (QED) is 0.114. The van der Waals surface area contributed by atoms with E-state index in [0.717, 1.165) is 33.4 Å². The van der Waals surface area contributed by atoms with Crippen molar-refractivity contribution in [2.24, 2.45) is 0 Å². The molecule has 0 N–H and O–H groups in total. The van der Waals surface area contributed by atoms with Crippen molar-refractivity contribution in [3.05, 3.63) is 328 Å². The molecule has 0 aromatic heterocycles. The molecule has 0 unspecified atom stereocenters. The first-order valence-corrected chi connectivity index (χ1v) is 26.9. The second kappa shape index (κ2) is 21.6. The van der Waals surface area contributed by atoms with E-state index < -0.39 is 0 Å². The monoisotopic (exact) mass is 990 g/mol. The lowest BCUT2D eigenvalue weighted by molar-refractivity contribution is 1.54. The average Bonchev–Trinajstić information content (AvgIpc) is 3.55. The highest BCUT2D eigenvalue weighted by Crippen LogP contribution is 2.39. The molecule has 0 fully saturated rings. The van der Waals surface area contributed by atoms with Crippen LogP contribution >= 0.6 is 0 Å². The second-order valence-electron chi connectivity index (χ2n) is 20.1. The molecule has 0 spiro atoms. The van der Waals surface area contributed by atoms with Crippen molar-refractivity contribution in [2.75, 3.05) is 0 Å². The Morgan fingerprint density at radius 1 is 0.0769 bits per heavy atom. The van der Waals surface area contributed by atoms with E-state index in [1.165, 1.54) is 100 Å². The van der Waals surface area contributed by atoms with Crippen LogP contribution in [-0.2, 0) is 0 Å². The number of benzene rings is 13. The van der Waals surface area contributed by atoms with Crippen molar-refractivity contribution in [1.29, 1.82) is 0 Å². The van der Waals surface area contributed by atoms with Crippen LogP contribution in [0.4, 0.5) is 0 Å². The summed E-state index contributed by atoms with van der Waals surface area (Å²) in [5, 5.41) is 0. The van der Waals surface area contributed by atoms with Gasteiger partial charge in [0.05, 0.1) is 0 Å². The minimum atomic E-state index is 1.16. The van der Waals surface area contributed by atoms with E-state index in [2.05, 4.69) is 328 Å². The maximum absolute atomic E-state index is 2.37. The standard InChI is InChI=1S/C78H54/c1-4-19-55(20-5-1)58-25-10-28-61(43-58)64-31-13-34-67(46-64)70-37-16-40-73(49-70)76-52-77(74-41-17-38-71(50-74)68-35-14-32-65(47-68)62-29-11-26-59(44-62)56-21-6-2-7-22-56)54-78(53-76)75-42-18-39-72(51-75)69-36-15-33-66(48-69)63-30-12-27-60(45-63)57-23-8-3-9-24-57/h1-54H. The summed E-state index contributed by atoms with van der Waals surface area (Å²) in [7, 11) is 0. The molecular weight excluding hydrogens is 937 g/mol. The number of rotatable bonds is 12. The van der Waals surface area contributed by atoms with Gasteiger partial charge in [-0.2, -0.15) is 0 Å². The molecule has 0 aliphatic heterocycles. The molecule has 0 aliphatic carbocycles. The highest BCUT2D eigenvalue weighted by atomic mass is 14.2. The molecule has 78 heavy (non-hydrogen) atoms. The van der Waals surface area contributed by atoms with Gasteiger partial charge in [0.25, 0.3) is 0 Å². The zero-order valence-corrected chi connectivity index (χ0v) is 43.2. The Balaban J connectivity index is 0.879. The molecule has 366 valence electrons. The Labute approximate surface area is 458 Å². The van der Waals surface area contributed by atoms with Crippen LogP contribution in [0.1, 0.15) is 0 Å². The summed E-state index contributed by atoms with van der Waals surface area (Å²) in [6.07, 6.45) is 0. The SMILES string of the molecule is c1ccc(-c2cccc(-c3cccc(-c4cccc(-c5cc(-c6cccc(-c7cccc(-c8cccc(-c9ccccc9)c8)c7)c6)cc(-c6cccc(-c7cccc(-c8cccc(-c9ccccc9)c8)c7)c6)c5)c4)c3)c2)cc1. The fourth-order valence-corrected chi connectivity index (χ4v) is 10.9. The maximum atomic E-state index is 2.37. The average molecular weight is 991 g/mol. The van der Waals surface area contributed by atoms with Crippen LogP contribution in [0.5, 0.6) is 0 Å². The van der Waals surface area contributed by atoms with E-state index in [1.807, 2.05) is 0 Å². The lowest BCUT2D eigenvalue weighted by Crippen LogP contribution is -1.89. The van der Waals surface area contributed by atoms with E-state index in [9.17, 15) is 0 Å². The van der Waals surface area contributed by atoms with Gasteiger partial charge >= 0.3 is 0 Å². The van der Waals surface area contributed by atoms with Gasteiger partial charge in [-0.15, -0.1) is 0 Å². The fraction of sp³-hybridized carbons (Fsp3) is 0. The molecule has 0 amide bonds. The first-order valence-electron chi connectivity index (χ1n) is 26.9. The van der Waals surface area contributed by atoms with Crippen molar-refractivity contribution in [3.8, 4) is 134 Å². The highest BCUT2D eigenvalue weighted by molar-refractivity contribution is 5.87. The van der Waals surface area contributed by atoms with Crippen molar-refractivity contribution >= 4 is 0 Å². The van der Waals surface area contributed by atoms with Gasteiger partial charge in [0, 0.05) is 0 Å². The molecule has 0 heteroatoms. The van der Waals surface area contributed by atoms with Crippen LogP contribution < -0.4 is 0 Å². The Hall–Kier alpha value is -10.1.